The van der Waals surface area contributed by atoms with Crippen molar-refractivity contribution in [2.24, 2.45) is 5.92 Å². The monoisotopic (exact) mass is 306 g/mol. The van der Waals surface area contributed by atoms with Crippen LogP contribution in [-0.2, 0) is 23.1 Å². The quantitative estimate of drug-likeness (QED) is 0.922. The molecule has 3 heteroatoms. The number of amides is 1. The summed E-state index contributed by atoms with van der Waals surface area (Å²) in [6.07, 6.45) is 6.68. The second-order valence-corrected chi connectivity index (χ2v) is 6.84. The van der Waals surface area contributed by atoms with Crippen LogP contribution in [-0.4, -0.2) is 17.4 Å². The summed E-state index contributed by atoms with van der Waals surface area (Å²) in [5, 5.41) is 3.13. The lowest BCUT2D eigenvalue weighted by molar-refractivity contribution is -0.121. The number of carbonyl (C=O) groups is 1. The Hall–Kier alpha value is -2.16. The summed E-state index contributed by atoms with van der Waals surface area (Å²) in [5.74, 6) is 0.758. The zero-order chi connectivity index (χ0) is 15.7. The van der Waals surface area contributed by atoms with E-state index < -0.39 is 0 Å². The molecule has 2 aliphatic carbocycles. The van der Waals surface area contributed by atoms with Gasteiger partial charge in [-0.25, -0.2) is 0 Å². The molecule has 2 aliphatic rings. The fourth-order valence-corrected chi connectivity index (χ4v) is 4.11. The molecule has 2 aromatic rings. The number of benzene rings is 1. The summed E-state index contributed by atoms with van der Waals surface area (Å²) in [6.45, 7) is 0.815. The minimum atomic E-state index is 0.143. The largest absolute Gasteiger partial charge is 0.356 e. The van der Waals surface area contributed by atoms with Crippen LogP contribution >= 0.6 is 0 Å². The van der Waals surface area contributed by atoms with Crippen LogP contribution in [0.3, 0.4) is 0 Å². The standard InChI is InChI=1S/C20H22N2O/c23-19(9-8-17-6-3-4-12-21-17)22-14-16-13-20(16)11-10-15-5-1-2-7-18(15)20/h1-7,12,16H,8-11,13-14H2,(H,22,23)/t16-,20+/m1/s1. The molecule has 23 heavy (non-hydrogen) atoms. The van der Waals surface area contributed by atoms with Crippen LogP contribution in [0.5, 0.6) is 0 Å². The van der Waals surface area contributed by atoms with E-state index in [9.17, 15) is 4.79 Å². The predicted octanol–water partition coefficient (Wildman–Crippen LogP) is 3.03. The van der Waals surface area contributed by atoms with E-state index in [0.29, 0.717) is 24.2 Å². The lowest BCUT2D eigenvalue weighted by atomic mass is 9.95. The highest BCUT2D eigenvalue weighted by atomic mass is 16.1. The molecule has 1 heterocycles. The Morgan fingerprint density at radius 1 is 1.22 bits per heavy atom. The first-order valence-corrected chi connectivity index (χ1v) is 8.53. The second-order valence-electron chi connectivity index (χ2n) is 6.84. The molecular formula is C20H22N2O. The van der Waals surface area contributed by atoms with Gasteiger partial charge >= 0.3 is 0 Å². The summed E-state index contributed by atoms with van der Waals surface area (Å²) in [7, 11) is 0. The molecule has 1 amide bonds. The minimum absolute atomic E-state index is 0.143. The molecule has 0 bridgehead atoms. The molecule has 3 nitrogen and oxygen atoms in total. The van der Waals surface area contributed by atoms with Crippen molar-refractivity contribution in [3.05, 3.63) is 65.5 Å². The number of pyridine rings is 1. The van der Waals surface area contributed by atoms with Gasteiger partial charge in [-0.1, -0.05) is 30.3 Å². The van der Waals surface area contributed by atoms with Crippen molar-refractivity contribution in [2.75, 3.05) is 6.54 Å². The van der Waals surface area contributed by atoms with Gasteiger partial charge in [-0.15, -0.1) is 0 Å². The Balaban J connectivity index is 1.28. The van der Waals surface area contributed by atoms with Crippen LogP contribution in [0, 0.1) is 5.92 Å². The van der Waals surface area contributed by atoms with Crippen molar-refractivity contribution in [1.82, 2.24) is 10.3 Å². The van der Waals surface area contributed by atoms with Gasteiger partial charge in [0.25, 0.3) is 0 Å². The summed E-state index contributed by atoms with van der Waals surface area (Å²) >= 11 is 0. The van der Waals surface area contributed by atoms with E-state index in [1.165, 1.54) is 30.4 Å². The molecule has 1 aromatic carbocycles. The van der Waals surface area contributed by atoms with Crippen molar-refractivity contribution in [1.29, 1.82) is 0 Å². The van der Waals surface area contributed by atoms with Crippen molar-refractivity contribution >= 4 is 5.91 Å². The van der Waals surface area contributed by atoms with E-state index in [1.54, 1.807) is 6.20 Å². The van der Waals surface area contributed by atoms with E-state index in [2.05, 4.69) is 34.6 Å². The third-order valence-corrected chi connectivity index (χ3v) is 5.51. The first kappa shape index (κ1) is 14.4. The van der Waals surface area contributed by atoms with Crippen LogP contribution in [0.1, 0.15) is 36.1 Å². The van der Waals surface area contributed by atoms with Crippen molar-refractivity contribution in [3.8, 4) is 0 Å². The highest BCUT2D eigenvalue weighted by molar-refractivity contribution is 5.76. The second kappa shape index (κ2) is 5.80. The number of aromatic nitrogens is 1. The number of rotatable bonds is 5. The number of hydrogen-bond donors (Lipinski definition) is 1. The fourth-order valence-electron chi connectivity index (χ4n) is 4.11. The van der Waals surface area contributed by atoms with Gasteiger partial charge in [0.2, 0.25) is 5.91 Å². The van der Waals surface area contributed by atoms with Crippen LogP contribution < -0.4 is 5.32 Å². The molecule has 0 saturated heterocycles. The number of hydrogen-bond acceptors (Lipinski definition) is 2. The zero-order valence-electron chi connectivity index (χ0n) is 13.3. The summed E-state index contributed by atoms with van der Waals surface area (Å²) in [4.78, 5) is 16.3. The summed E-state index contributed by atoms with van der Waals surface area (Å²) in [6, 6.07) is 14.7. The van der Waals surface area contributed by atoms with Gasteiger partial charge in [0, 0.05) is 30.3 Å². The van der Waals surface area contributed by atoms with Crippen molar-refractivity contribution < 1.29 is 4.79 Å². The van der Waals surface area contributed by atoms with Gasteiger partial charge in [0.1, 0.15) is 0 Å². The van der Waals surface area contributed by atoms with Gasteiger partial charge in [-0.2, -0.15) is 0 Å². The summed E-state index contributed by atoms with van der Waals surface area (Å²) < 4.78 is 0. The molecule has 1 saturated carbocycles. The third-order valence-electron chi connectivity index (χ3n) is 5.51. The Bertz CT molecular complexity index is 713. The van der Waals surface area contributed by atoms with Crippen LogP contribution in [0.25, 0.3) is 0 Å². The maximum atomic E-state index is 12.1. The molecule has 1 fully saturated rings. The van der Waals surface area contributed by atoms with E-state index in [1.807, 2.05) is 18.2 Å². The lowest BCUT2D eigenvalue weighted by Gasteiger charge is -2.12. The first-order valence-electron chi connectivity index (χ1n) is 8.53. The third kappa shape index (κ3) is 2.76. The average molecular weight is 306 g/mol. The Morgan fingerprint density at radius 3 is 2.96 bits per heavy atom. The topological polar surface area (TPSA) is 42.0 Å². The first-order chi connectivity index (χ1) is 11.3. The SMILES string of the molecule is O=C(CCc1ccccn1)NC[C@H]1C[C@@]12CCc1ccccc12. The number of aryl methyl sites for hydroxylation is 2. The Kier molecular flexibility index (Phi) is 3.64. The van der Waals surface area contributed by atoms with Crippen LogP contribution in [0.2, 0.25) is 0 Å². The van der Waals surface area contributed by atoms with Crippen LogP contribution in [0.15, 0.2) is 48.7 Å². The van der Waals surface area contributed by atoms with Gasteiger partial charge < -0.3 is 5.32 Å². The van der Waals surface area contributed by atoms with Crippen molar-refractivity contribution in [3.63, 3.8) is 0 Å². The number of carbonyl (C=O) groups excluding carboxylic acids is 1. The molecule has 2 atom stereocenters. The number of fused-ring (bicyclic) bond motifs is 2. The molecule has 118 valence electrons. The molecule has 0 aliphatic heterocycles. The number of nitrogens with zero attached hydrogens (tertiary/aromatic N) is 1. The number of nitrogens with one attached hydrogen (secondary N) is 1. The maximum Gasteiger partial charge on any atom is 0.220 e. The normalized spacial score (nSPS) is 24.4. The van der Waals surface area contributed by atoms with Gasteiger partial charge in [0.15, 0.2) is 0 Å². The smallest absolute Gasteiger partial charge is 0.220 e. The van der Waals surface area contributed by atoms with Gasteiger partial charge in [-0.05, 0) is 54.9 Å². The fraction of sp³-hybridized carbons (Fsp3) is 0.400. The highest BCUT2D eigenvalue weighted by Crippen LogP contribution is 2.61. The Morgan fingerprint density at radius 2 is 2.09 bits per heavy atom. The molecule has 1 spiro atoms. The van der Waals surface area contributed by atoms with Gasteiger partial charge in [0.05, 0.1) is 0 Å². The maximum absolute atomic E-state index is 12.1. The van der Waals surface area contributed by atoms with E-state index in [4.69, 9.17) is 0 Å². The molecule has 0 unspecified atom stereocenters. The molecule has 0 radical (unpaired) electrons. The highest BCUT2D eigenvalue weighted by Gasteiger charge is 2.57. The molecular weight excluding hydrogens is 284 g/mol. The minimum Gasteiger partial charge on any atom is -0.356 e. The van der Waals surface area contributed by atoms with E-state index in [-0.39, 0.29) is 5.91 Å². The summed E-state index contributed by atoms with van der Waals surface area (Å²) in [5.41, 5.74) is 4.39. The zero-order valence-corrected chi connectivity index (χ0v) is 13.3. The van der Waals surface area contributed by atoms with E-state index >= 15 is 0 Å². The van der Waals surface area contributed by atoms with Crippen LogP contribution in [0.4, 0.5) is 0 Å². The molecule has 1 N–H and O–H groups in total. The van der Waals surface area contributed by atoms with Crippen molar-refractivity contribution in [2.45, 2.75) is 37.5 Å². The molecule has 4 rings (SSSR count). The predicted molar refractivity (Wildman–Crippen MR) is 90.1 cm³/mol. The van der Waals surface area contributed by atoms with Gasteiger partial charge in [-0.3, -0.25) is 9.78 Å². The van der Waals surface area contributed by atoms with E-state index in [0.717, 1.165) is 12.2 Å². The average Bonchev–Trinajstić information content (AvgIpc) is 3.19. The lowest BCUT2D eigenvalue weighted by Crippen LogP contribution is -2.27. The Labute approximate surface area is 137 Å². The molecule has 1 aromatic heterocycles.